The van der Waals surface area contributed by atoms with Crippen LogP contribution in [0.4, 0.5) is 11.4 Å². The lowest BCUT2D eigenvalue weighted by atomic mass is 10.1. The highest BCUT2D eigenvalue weighted by atomic mass is 16.5. The van der Waals surface area contributed by atoms with Gasteiger partial charge in [-0.25, -0.2) is 0 Å². The maximum atomic E-state index is 12.9. The van der Waals surface area contributed by atoms with Gasteiger partial charge in [-0.1, -0.05) is 24.3 Å². The molecule has 0 fully saturated rings. The fraction of sp³-hybridized carbons (Fsp3) is 0.316. The van der Waals surface area contributed by atoms with E-state index in [-0.39, 0.29) is 5.91 Å². The van der Waals surface area contributed by atoms with Gasteiger partial charge in [0.15, 0.2) is 0 Å². The van der Waals surface area contributed by atoms with Gasteiger partial charge in [-0.3, -0.25) is 4.79 Å². The molecule has 122 valence electrons. The lowest BCUT2D eigenvalue weighted by Gasteiger charge is -2.22. The number of aryl methyl sites for hydroxylation is 1. The van der Waals surface area contributed by atoms with Gasteiger partial charge in [-0.2, -0.15) is 0 Å². The van der Waals surface area contributed by atoms with Gasteiger partial charge in [0.25, 0.3) is 5.91 Å². The molecular weight excluding hydrogens is 288 g/mol. The molecule has 1 N–H and O–H groups in total. The highest BCUT2D eigenvalue weighted by Crippen LogP contribution is 2.31. The van der Waals surface area contributed by atoms with Crippen LogP contribution in [0.2, 0.25) is 0 Å². The molecule has 0 bridgehead atoms. The molecule has 0 aliphatic heterocycles. The molecular formula is C19H24N2O2. The predicted octanol–water partition coefficient (Wildman–Crippen LogP) is 4.23. The standard InChI is InChI=1S/C19H24N2O2/c1-5-21(6-2)19(22)18-16(12-9-13-17(18)23-4)20-15-11-8-7-10-14(15)3/h7-13,20H,5-6H2,1-4H3. The van der Waals surface area contributed by atoms with E-state index in [0.717, 1.165) is 16.9 Å². The molecule has 4 nitrogen and oxygen atoms in total. The summed E-state index contributed by atoms with van der Waals surface area (Å²) < 4.78 is 5.43. The molecule has 0 saturated heterocycles. The van der Waals surface area contributed by atoms with E-state index in [1.165, 1.54) is 0 Å². The Labute approximate surface area is 138 Å². The molecule has 0 atom stereocenters. The smallest absolute Gasteiger partial charge is 0.259 e. The summed E-state index contributed by atoms with van der Waals surface area (Å²) in [5.41, 5.74) is 3.43. The third-order valence-electron chi connectivity index (χ3n) is 3.93. The van der Waals surface area contributed by atoms with Gasteiger partial charge in [0.05, 0.1) is 12.8 Å². The molecule has 1 amide bonds. The molecule has 0 aromatic heterocycles. The highest BCUT2D eigenvalue weighted by Gasteiger charge is 2.21. The first-order chi connectivity index (χ1) is 11.1. The summed E-state index contributed by atoms with van der Waals surface area (Å²) in [5, 5.41) is 3.37. The Balaban J connectivity index is 2.48. The average molecular weight is 312 g/mol. The Morgan fingerprint density at radius 3 is 2.30 bits per heavy atom. The third-order valence-corrected chi connectivity index (χ3v) is 3.93. The van der Waals surface area contributed by atoms with Crippen LogP contribution in [-0.2, 0) is 0 Å². The van der Waals surface area contributed by atoms with Crippen LogP contribution >= 0.6 is 0 Å². The number of rotatable bonds is 6. The fourth-order valence-electron chi connectivity index (χ4n) is 2.55. The van der Waals surface area contributed by atoms with Crippen molar-refractivity contribution in [1.82, 2.24) is 4.90 Å². The van der Waals surface area contributed by atoms with Crippen LogP contribution in [0.1, 0.15) is 29.8 Å². The normalized spacial score (nSPS) is 10.3. The van der Waals surface area contributed by atoms with Gasteiger partial charge in [0, 0.05) is 18.8 Å². The Kier molecular flexibility index (Phi) is 5.63. The Hall–Kier alpha value is -2.49. The number of nitrogens with zero attached hydrogens (tertiary/aromatic N) is 1. The Bertz CT molecular complexity index is 679. The van der Waals surface area contributed by atoms with Crippen molar-refractivity contribution in [3.05, 3.63) is 53.6 Å². The van der Waals surface area contributed by atoms with Crippen molar-refractivity contribution in [3.63, 3.8) is 0 Å². The number of methoxy groups -OCH3 is 1. The van der Waals surface area contributed by atoms with Gasteiger partial charge in [-0.05, 0) is 44.5 Å². The zero-order valence-corrected chi connectivity index (χ0v) is 14.2. The summed E-state index contributed by atoms with van der Waals surface area (Å²) >= 11 is 0. The highest BCUT2D eigenvalue weighted by molar-refractivity contribution is 6.03. The molecule has 0 saturated carbocycles. The lowest BCUT2D eigenvalue weighted by molar-refractivity contribution is 0.0770. The topological polar surface area (TPSA) is 41.6 Å². The fourth-order valence-corrected chi connectivity index (χ4v) is 2.55. The molecule has 0 aliphatic rings. The van der Waals surface area contributed by atoms with E-state index in [1.54, 1.807) is 12.0 Å². The van der Waals surface area contributed by atoms with Crippen LogP contribution < -0.4 is 10.1 Å². The van der Waals surface area contributed by atoms with Crippen molar-refractivity contribution in [2.45, 2.75) is 20.8 Å². The second kappa shape index (κ2) is 7.68. The van der Waals surface area contributed by atoms with E-state index in [9.17, 15) is 4.79 Å². The minimum Gasteiger partial charge on any atom is -0.496 e. The first kappa shape index (κ1) is 16.9. The molecule has 4 heteroatoms. The zero-order chi connectivity index (χ0) is 16.8. The molecule has 0 aliphatic carbocycles. The minimum atomic E-state index is -0.0245. The van der Waals surface area contributed by atoms with Crippen molar-refractivity contribution in [2.75, 3.05) is 25.5 Å². The number of para-hydroxylation sites is 1. The summed E-state index contributed by atoms with van der Waals surface area (Å²) in [5.74, 6) is 0.559. The Morgan fingerprint density at radius 2 is 1.70 bits per heavy atom. The second-order valence-electron chi connectivity index (χ2n) is 5.30. The number of ether oxygens (including phenoxy) is 1. The molecule has 23 heavy (non-hydrogen) atoms. The Morgan fingerprint density at radius 1 is 1.04 bits per heavy atom. The van der Waals surface area contributed by atoms with Crippen molar-refractivity contribution >= 4 is 17.3 Å². The van der Waals surface area contributed by atoms with Crippen LogP contribution in [0.25, 0.3) is 0 Å². The van der Waals surface area contributed by atoms with Gasteiger partial charge >= 0.3 is 0 Å². The predicted molar refractivity (Wildman–Crippen MR) is 94.7 cm³/mol. The molecule has 2 rings (SSSR count). The quantitative estimate of drug-likeness (QED) is 0.868. The monoisotopic (exact) mass is 312 g/mol. The first-order valence-corrected chi connectivity index (χ1v) is 7.91. The van der Waals surface area contributed by atoms with E-state index < -0.39 is 0 Å². The number of anilines is 2. The number of hydrogen-bond donors (Lipinski definition) is 1. The van der Waals surface area contributed by atoms with Crippen LogP contribution in [0, 0.1) is 6.92 Å². The average Bonchev–Trinajstić information content (AvgIpc) is 2.57. The van der Waals surface area contributed by atoms with Crippen LogP contribution in [0.3, 0.4) is 0 Å². The minimum absolute atomic E-state index is 0.0245. The largest absolute Gasteiger partial charge is 0.496 e. The van der Waals surface area contributed by atoms with E-state index >= 15 is 0 Å². The van der Waals surface area contributed by atoms with E-state index in [2.05, 4.69) is 5.32 Å². The summed E-state index contributed by atoms with van der Waals surface area (Å²) in [7, 11) is 1.59. The van der Waals surface area contributed by atoms with Crippen molar-refractivity contribution < 1.29 is 9.53 Å². The van der Waals surface area contributed by atoms with Gasteiger partial charge in [0.2, 0.25) is 0 Å². The lowest BCUT2D eigenvalue weighted by Crippen LogP contribution is -2.31. The maximum absolute atomic E-state index is 12.9. The summed E-state index contributed by atoms with van der Waals surface area (Å²) in [6, 6.07) is 13.6. The number of carbonyl (C=O) groups is 1. The van der Waals surface area contributed by atoms with Crippen molar-refractivity contribution in [2.24, 2.45) is 0 Å². The van der Waals surface area contributed by atoms with Gasteiger partial charge in [-0.15, -0.1) is 0 Å². The molecule has 2 aromatic carbocycles. The van der Waals surface area contributed by atoms with E-state index in [4.69, 9.17) is 4.74 Å². The number of hydrogen-bond acceptors (Lipinski definition) is 3. The van der Waals surface area contributed by atoms with Crippen LogP contribution in [0.5, 0.6) is 5.75 Å². The third kappa shape index (κ3) is 3.65. The second-order valence-corrected chi connectivity index (χ2v) is 5.30. The summed E-state index contributed by atoms with van der Waals surface area (Å²) in [6.45, 7) is 7.32. The van der Waals surface area contributed by atoms with Crippen LogP contribution in [0.15, 0.2) is 42.5 Å². The molecule has 0 heterocycles. The van der Waals surface area contributed by atoms with Gasteiger partial charge in [0.1, 0.15) is 11.3 Å². The van der Waals surface area contributed by atoms with E-state index in [1.807, 2.05) is 63.2 Å². The number of amides is 1. The van der Waals surface area contributed by atoms with Crippen molar-refractivity contribution in [1.29, 1.82) is 0 Å². The number of nitrogens with one attached hydrogen (secondary N) is 1. The first-order valence-electron chi connectivity index (χ1n) is 7.91. The number of benzene rings is 2. The van der Waals surface area contributed by atoms with Crippen molar-refractivity contribution in [3.8, 4) is 5.75 Å². The molecule has 2 aromatic rings. The SMILES string of the molecule is CCN(CC)C(=O)c1c(Nc2ccccc2C)cccc1OC. The van der Waals surface area contributed by atoms with E-state index in [0.29, 0.717) is 24.4 Å². The maximum Gasteiger partial charge on any atom is 0.259 e. The molecule has 0 unspecified atom stereocenters. The van der Waals surface area contributed by atoms with Gasteiger partial charge < -0.3 is 15.0 Å². The zero-order valence-electron chi connectivity index (χ0n) is 14.2. The number of carbonyl (C=O) groups excluding carboxylic acids is 1. The molecule has 0 spiro atoms. The molecule has 0 radical (unpaired) electrons. The van der Waals surface area contributed by atoms with Crippen LogP contribution in [-0.4, -0.2) is 31.0 Å². The summed E-state index contributed by atoms with van der Waals surface area (Å²) in [4.78, 5) is 14.7. The summed E-state index contributed by atoms with van der Waals surface area (Å²) in [6.07, 6.45) is 0.